The van der Waals surface area contributed by atoms with Crippen LogP contribution in [0.3, 0.4) is 0 Å². The van der Waals surface area contributed by atoms with Crippen molar-refractivity contribution in [3.05, 3.63) is 76.2 Å². The minimum atomic E-state index is -0.154. The molecule has 7 heteroatoms. The van der Waals surface area contributed by atoms with E-state index in [9.17, 15) is 4.79 Å². The van der Waals surface area contributed by atoms with E-state index in [1.54, 1.807) is 4.57 Å². The van der Waals surface area contributed by atoms with E-state index in [2.05, 4.69) is 10.1 Å². The van der Waals surface area contributed by atoms with Crippen molar-refractivity contribution in [3.63, 3.8) is 0 Å². The molecule has 0 aliphatic rings. The third-order valence-corrected chi connectivity index (χ3v) is 5.74. The van der Waals surface area contributed by atoms with Gasteiger partial charge in [-0.25, -0.2) is 4.98 Å². The normalized spacial score (nSPS) is 12.6. The fraction of sp³-hybridized carbons (Fsp3) is 0.273. The van der Waals surface area contributed by atoms with Crippen LogP contribution in [0.5, 0.6) is 0 Å². The molecule has 0 N–H and O–H groups in total. The molecule has 0 aliphatic carbocycles. The van der Waals surface area contributed by atoms with Crippen LogP contribution in [-0.2, 0) is 0 Å². The van der Waals surface area contributed by atoms with Crippen molar-refractivity contribution in [2.45, 2.75) is 44.0 Å². The van der Waals surface area contributed by atoms with Crippen molar-refractivity contribution in [3.8, 4) is 5.69 Å². The van der Waals surface area contributed by atoms with Gasteiger partial charge in [-0.05, 0) is 37.6 Å². The lowest BCUT2D eigenvalue weighted by Gasteiger charge is -2.16. The Kier molecular flexibility index (Phi) is 5.24. The standard InChI is InChI=1S/C22H22N4O2S/c1-13(2)19-24-20(28-25-19)15(4)29-22-23-17-11-7-6-10-16(17)21(27)26(22)18-12-8-5-9-14(18)3/h5-13,15H,1-4H3/t15-/m1/s1. The smallest absolute Gasteiger partial charge is 0.266 e. The number of aryl methyl sites for hydroxylation is 1. The first-order valence-electron chi connectivity index (χ1n) is 9.53. The zero-order valence-electron chi connectivity index (χ0n) is 16.8. The third kappa shape index (κ3) is 3.70. The Morgan fingerprint density at radius 1 is 1.00 bits per heavy atom. The molecule has 148 valence electrons. The number of rotatable bonds is 5. The molecule has 6 nitrogen and oxygen atoms in total. The van der Waals surface area contributed by atoms with Crippen LogP contribution in [0.1, 0.15) is 49.2 Å². The predicted octanol–water partition coefficient (Wildman–Crippen LogP) is 5.05. The minimum Gasteiger partial charge on any atom is -0.338 e. The molecule has 0 amide bonds. The van der Waals surface area contributed by atoms with E-state index in [0.29, 0.717) is 27.8 Å². The number of benzene rings is 2. The van der Waals surface area contributed by atoms with Crippen LogP contribution in [0.2, 0.25) is 0 Å². The number of hydrogen-bond acceptors (Lipinski definition) is 6. The first kappa shape index (κ1) is 19.4. The van der Waals surface area contributed by atoms with Gasteiger partial charge in [-0.1, -0.05) is 61.1 Å². The van der Waals surface area contributed by atoms with Crippen LogP contribution < -0.4 is 5.56 Å². The molecule has 0 radical (unpaired) electrons. The molecular weight excluding hydrogens is 384 g/mol. The van der Waals surface area contributed by atoms with Crippen molar-refractivity contribution in [1.82, 2.24) is 19.7 Å². The van der Waals surface area contributed by atoms with Gasteiger partial charge in [0.25, 0.3) is 5.56 Å². The highest BCUT2D eigenvalue weighted by molar-refractivity contribution is 7.99. The highest BCUT2D eigenvalue weighted by atomic mass is 32.2. The molecule has 0 unspecified atom stereocenters. The van der Waals surface area contributed by atoms with Crippen molar-refractivity contribution in [2.24, 2.45) is 0 Å². The average molecular weight is 407 g/mol. The number of thioether (sulfide) groups is 1. The van der Waals surface area contributed by atoms with Gasteiger partial charge in [0.1, 0.15) is 0 Å². The topological polar surface area (TPSA) is 73.8 Å². The van der Waals surface area contributed by atoms with Gasteiger partial charge < -0.3 is 4.52 Å². The van der Waals surface area contributed by atoms with E-state index >= 15 is 0 Å². The molecule has 2 aromatic carbocycles. The largest absolute Gasteiger partial charge is 0.338 e. The fourth-order valence-electron chi connectivity index (χ4n) is 3.07. The summed E-state index contributed by atoms with van der Waals surface area (Å²) in [5, 5.41) is 5.09. The monoisotopic (exact) mass is 406 g/mol. The van der Waals surface area contributed by atoms with Crippen molar-refractivity contribution in [2.75, 3.05) is 0 Å². The summed E-state index contributed by atoms with van der Waals surface area (Å²) >= 11 is 1.44. The van der Waals surface area contributed by atoms with E-state index in [1.165, 1.54) is 11.8 Å². The Morgan fingerprint density at radius 2 is 1.72 bits per heavy atom. The van der Waals surface area contributed by atoms with Crippen LogP contribution >= 0.6 is 11.8 Å². The number of aromatic nitrogens is 4. The maximum Gasteiger partial charge on any atom is 0.266 e. The van der Waals surface area contributed by atoms with E-state index in [4.69, 9.17) is 9.51 Å². The highest BCUT2D eigenvalue weighted by Crippen LogP contribution is 2.34. The van der Waals surface area contributed by atoms with Crippen molar-refractivity contribution >= 4 is 22.7 Å². The Labute approximate surface area is 173 Å². The molecule has 0 saturated heterocycles. The number of hydrogen-bond donors (Lipinski definition) is 0. The van der Waals surface area contributed by atoms with Crippen LogP contribution in [0.4, 0.5) is 0 Å². The van der Waals surface area contributed by atoms with Crippen LogP contribution in [0.25, 0.3) is 16.6 Å². The van der Waals surface area contributed by atoms with Crippen LogP contribution in [-0.4, -0.2) is 19.7 Å². The summed E-state index contributed by atoms with van der Waals surface area (Å²) in [4.78, 5) is 22.7. The highest BCUT2D eigenvalue weighted by Gasteiger charge is 2.22. The summed E-state index contributed by atoms with van der Waals surface area (Å²) in [5.41, 5.74) is 2.40. The van der Waals surface area contributed by atoms with E-state index in [0.717, 1.165) is 11.3 Å². The van der Waals surface area contributed by atoms with E-state index < -0.39 is 0 Å². The molecule has 4 aromatic rings. The van der Waals surface area contributed by atoms with Crippen LogP contribution in [0.15, 0.2) is 63.0 Å². The summed E-state index contributed by atoms with van der Waals surface area (Å²) < 4.78 is 7.13. The first-order valence-corrected chi connectivity index (χ1v) is 10.4. The van der Waals surface area contributed by atoms with Gasteiger partial charge in [0, 0.05) is 5.92 Å². The lowest BCUT2D eigenvalue weighted by Crippen LogP contribution is -2.22. The van der Waals surface area contributed by atoms with Gasteiger partial charge in [0.2, 0.25) is 5.89 Å². The van der Waals surface area contributed by atoms with Crippen molar-refractivity contribution < 1.29 is 4.52 Å². The number of para-hydroxylation sites is 2. The number of fused-ring (bicyclic) bond motifs is 1. The molecule has 2 heterocycles. The maximum absolute atomic E-state index is 13.4. The minimum absolute atomic E-state index is 0.0898. The van der Waals surface area contributed by atoms with Gasteiger partial charge in [-0.15, -0.1) is 0 Å². The second kappa shape index (κ2) is 7.83. The van der Waals surface area contributed by atoms with Gasteiger partial charge in [-0.2, -0.15) is 4.98 Å². The molecule has 4 rings (SSSR count). The quantitative estimate of drug-likeness (QED) is 0.341. The lowest BCUT2D eigenvalue weighted by atomic mass is 10.2. The van der Waals surface area contributed by atoms with Crippen LogP contribution in [0, 0.1) is 6.92 Å². The fourth-order valence-corrected chi connectivity index (χ4v) is 4.02. The third-order valence-electron chi connectivity index (χ3n) is 4.71. The second-order valence-electron chi connectivity index (χ2n) is 7.24. The summed E-state index contributed by atoms with van der Waals surface area (Å²) in [6, 6.07) is 15.2. The van der Waals surface area contributed by atoms with E-state index in [1.807, 2.05) is 76.2 Å². The van der Waals surface area contributed by atoms with Gasteiger partial charge in [0.15, 0.2) is 11.0 Å². The Bertz CT molecular complexity index is 1230. The maximum atomic E-state index is 13.4. The van der Waals surface area contributed by atoms with Gasteiger partial charge in [0.05, 0.1) is 21.8 Å². The zero-order valence-corrected chi connectivity index (χ0v) is 17.6. The van der Waals surface area contributed by atoms with Gasteiger partial charge >= 0.3 is 0 Å². The molecule has 0 fully saturated rings. The van der Waals surface area contributed by atoms with E-state index in [-0.39, 0.29) is 16.7 Å². The molecule has 0 saturated carbocycles. The predicted molar refractivity (Wildman–Crippen MR) is 115 cm³/mol. The molecule has 0 aliphatic heterocycles. The van der Waals surface area contributed by atoms with Crippen molar-refractivity contribution in [1.29, 1.82) is 0 Å². The molecule has 0 bridgehead atoms. The second-order valence-corrected chi connectivity index (χ2v) is 8.55. The molecule has 1 atom stereocenters. The summed E-state index contributed by atoms with van der Waals surface area (Å²) in [5.74, 6) is 1.39. The molecule has 0 spiro atoms. The van der Waals surface area contributed by atoms with Gasteiger partial charge in [-0.3, -0.25) is 9.36 Å². The Balaban J connectivity index is 1.85. The summed E-state index contributed by atoms with van der Waals surface area (Å²) in [6.07, 6.45) is 0. The lowest BCUT2D eigenvalue weighted by molar-refractivity contribution is 0.373. The Morgan fingerprint density at radius 3 is 2.45 bits per heavy atom. The molecule has 2 aromatic heterocycles. The average Bonchev–Trinajstić information content (AvgIpc) is 3.20. The Hall–Kier alpha value is -2.93. The first-order chi connectivity index (χ1) is 14.0. The SMILES string of the molecule is Cc1ccccc1-n1c(S[C@H](C)c2nc(C(C)C)no2)nc2ccccc2c1=O. The molecule has 29 heavy (non-hydrogen) atoms. The summed E-state index contributed by atoms with van der Waals surface area (Å²) in [7, 11) is 0. The zero-order chi connectivity index (χ0) is 20.5. The summed E-state index contributed by atoms with van der Waals surface area (Å²) in [6.45, 7) is 8.01. The number of nitrogens with zero attached hydrogens (tertiary/aromatic N) is 4. The molecular formula is C22H22N4O2S.